The second-order valence-electron chi connectivity index (χ2n) is 17.9. The molecule has 19 nitrogen and oxygen atoms in total. The number of rotatable bonds is 21. The summed E-state index contributed by atoms with van der Waals surface area (Å²) in [7, 11) is 1.66. The van der Waals surface area contributed by atoms with E-state index in [0.29, 0.717) is 121 Å². The van der Waals surface area contributed by atoms with Crippen LogP contribution in [0.5, 0.6) is 0 Å². The number of hydrogen-bond acceptors (Lipinski definition) is 14. The van der Waals surface area contributed by atoms with Gasteiger partial charge in [0.05, 0.1) is 85.7 Å². The molecule has 1 fully saturated rings. The monoisotopic (exact) mass is 966 g/mol. The molecule has 0 aromatic carbocycles. The minimum atomic E-state index is -0.646. The molecule has 5 aliphatic rings. The van der Waals surface area contributed by atoms with E-state index >= 15 is 4.79 Å². The standard InChI is InChI=1S/C51H66N8O11/c1-7-34-30(2)38-27-42-35(9-11-45(64)70-25-24-69-23-22-68-21-18-60)31(3)37(54-42)26-39-32(4)36(8-10-44(63)57(6)13-12-52-43(62)29-61)48(55-39)47-49-46(33(5)40(56-49)28-41(34)53-38)50(65)59(51(47)66)15-14-58-16-19-67-20-17-58/h9,11,26-28,32,36,55-56,60-61H,7-8,10,12-25,29H2,1-6H3,(H,52,62)/b11-9+,39-26?,41-28?,42-27?,48-47?/t32-,36-/m0/s1. The zero-order chi connectivity index (χ0) is 50.1. The summed E-state index contributed by atoms with van der Waals surface area (Å²) in [4.78, 5) is 90.8. The Morgan fingerprint density at radius 1 is 0.900 bits per heavy atom. The molecule has 7 rings (SSSR count). The van der Waals surface area contributed by atoms with E-state index in [9.17, 15) is 19.2 Å². The highest BCUT2D eigenvalue weighted by Gasteiger charge is 2.41. The summed E-state index contributed by atoms with van der Waals surface area (Å²) >= 11 is 0. The number of allylic oxidation sites excluding steroid dienone is 5. The van der Waals surface area contributed by atoms with Gasteiger partial charge in [-0.1, -0.05) is 13.8 Å². The molecule has 2 aromatic heterocycles. The van der Waals surface area contributed by atoms with E-state index in [2.05, 4.69) is 27.1 Å². The van der Waals surface area contributed by atoms with Crippen LogP contribution in [0.1, 0.15) is 119 Å². The molecule has 2 aromatic rings. The fourth-order valence-electron chi connectivity index (χ4n) is 9.45. The molecule has 8 bridgehead atoms. The number of likely N-dealkylation sites (N-methyl/N-ethyl adjacent to an activating group) is 1. The van der Waals surface area contributed by atoms with Crippen molar-refractivity contribution < 1.29 is 53.1 Å². The van der Waals surface area contributed by atoms with Gasteiger partial charge in [0, 0.05) is 93.1 Å². The van der Waals surface area contributed by atoms with E-state index in [0.717, 1.165) is 22.4 Å². The third kappa shape index (κ3) is 11.6. The predicted octanol–water partition coefficient (Wildman–Crippen LogP) is 3.90. The van der Waals surface area contributed by atoms with Crippen LogP contribution in [0.4, 0.5) is 0 Å². The molecule has 19 heteroatoms. The minimum absolute atomic E-state index is 0.0339. The van der Waals surface area contributed by atoms with Crippen LogP contribution in [-0.2, 0) is 33.3 Å². The number of aromatic nitrogens is 4. The summed E-state index contributed by atoms with van der Waals surface area (Å²) in [5.74, 6) is -2.76. The van der Waals surface area contributed by atoms with Crippen molar-refractivity contribution in [2.24, 2.45) is 0 Å². The van der Waals surface area contributed by atoms with Crippen LogP contribution in [0.3, 0.4) is 0 Å². The van der Waals surface area contributed by atoms with E-state index < -0.39 is 30.3 Å². The Morgan fingerprint density at radius 3 is 2.33 bits per heavy atom. The predicted molar refractivity (Wildman–Crippen MR) is 262 cm³/mol. The molecule has 7 heterocycles. The Morgan fingerprint density at radius 2 is 1.60 bits per heavy atom. The van der Waals surface area contributed by atoms with Gasteiger partial charge in [0.1, 0.15) is 13.2 Å². The van der Waals surface area contributed by atoms with Crippen molar-refractivity contribution in [3.8, 4) is 0 Å². The number of esters is 1. The highest BCUT2D eigenvalue weighted by Crippen LogP contribution is 2.45. The number of carbonyl (C=O) groups is 5. The first-order chi connectivity index (χ1) is 33.8. The first kappa shape index (κ1) is 51.8. The number of fused-ring (bicyclic) bond motifs is 8. The molecule has 5 aliphatic heterocycles. The smallest absolute Gasteiger partial charge is 0.330 e. The number of aryl methyl sites for hydroxylation is 1. The summed E-state index contributed by atoms with van der Waals surface area (Å²) in [6, 6.07) is 5.80. The quantitative estimate of drug-likeness (QED) is 0.0516. The van der Waals surface area contributed by atoms with Gasteiger partial charge in [0.2, 0.25) is 11.8 Å². The van der Waals surface area contributed by atoms with Crippen LogP contribution in [0, 0.1) is 6.92 Å². The van der Waals surface area contributed by atoms with E-state index in [-0.39, 0.29) is 70.2 Å². The largest absolute Gasteiger partial charge is 0.460 e. The number of carbonyl (C=O) groups excluding carboxylic acids is 5. The molecular formula is C51H66N8O11. The lowest BCUT2D eigenvalue weighted by Gasteiger charge is -2.31. The van der Waals surface area contributed by atoms with E-state index in [1.54, 1.807) is 13.1 Å². The summed E-state index contributed by atoms with van der Waals surface area (Å²) < 4.78 is 21.7. The van der Waals surface area contributed by atoms with Crippen LogP contribution in [0.15, 0.2) is 30.4 Å². The van der Waals surface area contributed by atoms with Gasteiger partial charge in [-0.15, -0.1) is 0 Å². The molecule has 0 unspecified atom stereocenters. The molecule has 1 saturated heterocycles. The number of morpholine rings is 1. The molecule has 5 N–H and O–H groups in total. The van der Waals surface area contributed by atoms with Gasteiger partial charge in [-0.25, -0.2) is 14.8 Å². The van der Waals surface area contributed by atoms with Gasteiger partial charge in [-0.05, 0) is 80.2 Å². The molecule has 70 heavy (non-hydrogen) atoms. The lowest BCUT2D eigenvalue weighted by molar-refractivity contribution is -0.139. The molecule has 0 spiro atoms. The number of imide groups is 1. The summed E-state index contributed by atoms with van der Waals surface area (Å²) in [6.45, 7) is 13.8. The Hall–Kier alpha value is -6.09. The van der Waals surface area contributed by atoms with Gasteiger partial charge in [-0.3, -0.25) is 29.0 Å². The molecule has 376 valence electrons. The third-order valence-electron chi connectivity index (χ3n) is 13.6. The van der Waals surface area contributed by atoms with Crippen LogP contribution in [-0.4, -0.2) is 180 Å². The number of nitrogens with zero attached hydrogens (tertiary/aromatic N) is 5. The maximum absolute atomic E-state index is 15.2. The Bertz CT molecular complexity index is 2640. The molecule has 0 aliphatic carbocycles. The zero-order valence-electron chi connectivity index (χ0n) is 41.1. The van der Waals surface area contributed by atoms with Gasteiger partial charge < -0.3 is 49.3 Å². The first-order valence-electron chi connectivity index (χ1n) is 24.1. The van der Waals surface area contributed by atoms with Crippen LogP contribution in [0.25, 0.3) is 33.3 Å². The Balaban J connectivity index is 1.35. The number of aromatic amines is 2. The summed E-state index contributed by atoms with van der Waals surface area (Å²) in [5, 5.41) is 20.6. The highest BCUT2D eigenvalue weighted by atomic mass is 16.6. The van der Waals surface area contributed by atoms with E-state index in [4.69, 9.17) is 39.1 Å². The van der Waals surface area contributed by atoms with Gasteiger partial charge in [0.25, 0.3) is 11.8 Å². The first-order valence-corrected chi connectivity index (χ1v) is 24.1. The molecular weight excluding hydrogens is 901 g/mol. The SMILES string of the molecule is CCC1=C(C)c2cc3nc(cc4[nH]c(c5c6[nH]c(cc1n2)c(C)c6C(=O)N(CCN1CCOCC1)C5=O)[C@@H](CCC(=O)N(C)CCNC(=O)CO)[C@@H]4C)C(C)=C3/C=C/C(=O)OCCOCCOCCO. The molecule has 0 radical (unpaired) electrons. The summed E-state index contributed by atoms with van der Waals surface area (Å²) in [6.07, 6.45) is 4.17. The number of hydrogen-bond donors (Lipinski definition) is 5. The third-order valence-corrected chi connectivity index (χ3v) is 13.6. The van der Waals surface area contributed by atoms with Gasteiger partial charge in [0.15, 0.2) is 0 Å². The number of ether oxygens (including phenoxy) is 4. The van der Waals surface area contributed by atoms with Crippen molar-refractivity contribution in [3.63, 3.8) is 0 Å². The fraction of sp³-hybridized carbons (Fsp3) is 0.510. The number of aliphatic hydroxyl groups is 2. The highest BCUT2D eigenvalue weighted by molar-refractivity contribution is 6.23. The number of aliphatic hydroxyl groups excluding tert-OH is 2. The lowest BCUT2D eigenvalue weighted by Crippen LogP contribution is -2.47. The van der Waals surface area contributed by atoms with E-state index in [1.165, 1.54) is 15.9 Å². The number of nitrogens with one attached hydrogen (secondary N) is 3. The molecule has 0 saturated carbocycles. The van der Waals surface area contributed by atoms with Crippen molar-refractivity contribution in [1.82, 2.24) is 40.0 Å². The number of H-pyrrole nitrogens is 2. The maximum atomic E-state index is 15.2. The minimum Gasteiger partial charge on any atom is -0.460 e. The normalized spacial score (nSPS) is 17.7. The second-order valence-corrected chi connectivity index (χ2v) is 17.9. The van der Waals surface area contributed by atoms with Crippen LogP contribution < -0.4 is 5.32 Å². The number of amides is 4. The maximum Gasteiger partial charge on any atom is 0.330 e. The van der Waals surface area contributed by atoms with Crippen molar-refractivity contribution in [2.75, 3.05) is 106 Å². The molecule has 2 atom stereocenters. The fourth-order valence-corrected chi connectivity index (χ4v) is 9.45. The average Bonchev–Trinajstić information content (AvgIpc) is 4.03. The Kier molecular flexibility index (Phi) is 17.5. The topological polar surface area (TPSA) is 242 Å². The van der Waals surface area contributed by atoms with E-state index in [1.807, 2.05) is 45.9 Å². The average molecular weight is 967 g/mol. The Labute approximate surface area is 407 Å². The lowest BCUT2D eigenvalue weighted by atomic mass is 9.84. The van der Waals surface area contributed by atoms with Crippen molar-refractivity contribution in [1.29, 1.82) is 0 Å². The van der Waals surface area contributed by atoms with Crippen LogP contribution >= 0.6 is 0 Å². The van der Waals surface area contributed by atoms with Crippen molar-refractivity contribution in [3.05, 3.63) is 81.2 Å². The van der Waals surface area contributed by atoms with Crippen molar-refractivity contribution in [2.45, 2.75) is 65.7 Å². The zero-order valence-corrected chi connectivity index (χ0v) is 41.1. The van der Waals surface area contributed by atoms with Crippen LogP contribution in [0.2, 0.25) is 0 Å². The summed E-state index contributed by atoms with van der Waals surface area (Å²) in [5.41, 5.74) is 9.81. The van der Waals surface area contributed by atoms with Crippen molar-refractivity contribution >= 4 is 62.9 Å². The molecule has 4 amide bonds. The van der Waals surface area contributed by atoms with Gasteiger partial charge in [-0.2, -0.15) is 0 Å². The second kappa shape index (κ2) is 23.7. The van der Waals surface area contributed by atoms with Gasteiger partial charge >= 0.3 is 5.97 Å².